The monoisotopic (exact) mass is 236 g/mol. The smallest absolute Gasteiger partial charge is 0.0615 e. The second-order valence-corrected chi connectivity index (χ2v) is 4.71. The Kier molecular flexibility index (Phi) is 4.10. The van der Waals surface area contributed by atoms with Gasteiger partial charge in [0.1, 0.15) is 0 Å². The summed E-state index contributed by atoms with van der Waals surface area (Å²) in [7, 11) is 0. The van der Waals surface area contributed by atoms with Crippen LogP contribution in [-0.4, -0.2) is 35.5 Å². The number of aryl methyl sites for hydroxylation is 1. The van der Waals surface area contributed by atoms with Crippen molar-refractivity contribution in [1.29, 1.82) is 0 Å². The normalized spacial score (nSPS) is 19.2. The predicted molar refractivity (Wildman–Crippen MR) is 65.7 cm³/mol. The molecule has 0 aromatic carbocycles. The number of nitrogens with one attached hydrogen (secondary N) is 1. The van der Waals surface area contributed by atoms with E-state index in [9.17, 15) is 5.11 Å². The molecule has 0 aliphatic carbocycles. The van der Waals surface area contributed by atoms with Crippen LogP contribution in [0.1, 0.15) is 24.0 Å². The molecule has 0 unspecified atom stereocenters. The predicted octanol–water partition coefficient (Wildman–Crippen LogP) is 1.02. The molecule has 0 amide bonds. The Morgan fingerprint density at radius 3 is 2.88 bits per heavy atom. The highest BCUT2D eigenvalue weighted by molar-refractivity contribution is 5.21. The number of hydrogen-bond acceptors (Lipinski definition) is 4. The van der Waals surface area contributed by atoms with Crippen LogP contribution in [0.25, 0.3) is 0 Å². The van der Waals surface area contributed by atoms with Gasteiger partial charge in [-0.1, -0.05) is 0 Å². The lowest BCUT2D eigenvalue weighted by molar-refractivity contribution is 0.0111. The number of hydrogen-bond donors (Lipinski definition) is 2. The molecule has 17 heavy (non-hydrogen) atoms. The topological polar surface area (TPSA) is 54.4 Å². The Morgan fingerprint density at radius 2 is 2.24 bits per heavy atom. The summed E-state index contributed by atoms with van der Waals surface area (Å²) in [6.07, 6.45) is 5.41. The van der Waals surface area contributed by atoms with Gasteiger partial charge in [-0.25, -0.2) is 0 Å². The van der Waals surface area contributed by atoms with Crippen LogP contribution < -0.4 is 5.32 Å². The third kappa shape index (κ3) is 3.03. The van der Waals surface area contributed by atoms with Crippen LogP contribution in [0.5, 0.6) is 0 Å². The Morgan fingerprint density at radius 1 is 1.47 bits per heavy atom. The molecule has 1 aliphatic rings. The molecule has 2 N–H and O–H groups in total. The summed E-state index contributed by atoms with van der Waals surface area (Å²) in [5.41, 5.74) is 2.24. The minimum Gasteiger partial charge on any atom is -0.394 e. The van der Waals surface area contributed by atoms with Crippen molar-refractivity contribution in [2.45, 2.75) is 31.8 Å². The molecule has 2 rings (SSSR count). The quantitative estimate of drug-likeness (QED) is 0.819. The molecule has 4 nitrogen and oxygen atoms in total. The molecule has 1 aromatic rings. The summed E-state index contributed by atoms with van der Waals surface area (Å²) in [6, 6.07) is 2.01. The fourth-order valence-electron chi connectivity index (χ4n) is 2.12. The lowest BCUT2D eigenvalue weighted by Gasteiger charge is -2.36. The van der Waals surface area contributed by atoms with Crippen LogP contribution in [0.15, 0.2) is 18.5 Å². The second kappa shape index (κ2) is 5.58. The lowest BCUT2D eigenvalue weighted by Crippen LogP contribution is -2.51. The first-order chi connectivity index (χ1) is 8.26. The van der Waals surface area contributed by atoms with E-state index in [0.717, 1.165) is 32.6 Å². The van der Waals surface area contributed by atoms with Gasteiger partial charge in [-0.05, 0) is 37.0 Å². The highest BCUT2D eigenvalue weighted by Gasteiger charge is 2.31. The second-order valence-electron chi connectivity index (χ2n) is 4.71. The molecular weight excluding hydrogens is 216 g/mol. The zero-order valence-corrected chi connectivity index (χ0v) is 10.3. The van der Waals surface area contributed by atoms with E-state index in [-0.39, 0.29) is 12.1 Å². The number of aromatic nitrogens is 1. The highest BCUT2D eigenvalue weighted by Crippen LogP contribution is 2.21. The maximum absolute atomic E-state index is 9.56. The molecule has 0 saturated carbocycles. The third-order valence-corrected chi connectivity index (χ3v) is 3.55. The Hall–Kier alpha value is -0.970. The summed E-state index contributed by atoms with van der Waals surface area (Å²) >= 11 is 0. The lowest BCUT2D eigenvalue weighted by atomic mass is 9.90. The van der Waals surface area contributed by atoms with Gasteiger partial charge in [-0.15, -0.1) is 0 Å². The fourth-order valence-corrected chi connectivity index (χ4v) is 2.12. The molecule has 4 heteroatoms. The van der Waals surface area contributed by atoms with E-state index in [4.69, 9.17) is 4.74 Å². The third-order valence-electron chi connectivity index (χ3n) is 3.55. The molecule has 1 aromatic heterocycles. The fraction of sp³-hybridized carbons (Fsp3) is 0.615. The molecule has 1 fully saturated rings. The van der Waals surface area contributed by atoms with E-state index in [1.165, 1.54) is 11.1 Å². The maximum atomic E-state index is 9.56. The number of ether oxygens (including phenoxy) is 1. The van der Waals surface area contributed by atoms with Crippen molar-refractivity contribution < 1.29 is 9.84 Å². The number of aliphatic hydroxyl groups is 1. The van der Waals surface area contributed by atoms with Crippen molar-refractivity contribution in [2.24, 2.45) is 0 Å². The van der Waals surface area contributed by atoms with Gasteiger partial charge in [0.2, 0.25) is 0 Å². The standard InChI is InChI=1S/C13H20N2O2/c1-11-2-5-14-8-12(11)9-15-13(10-16)3-6-17-7-4-13/h2,5,8,15-16H,3-4,6-7,9-10H2,1H3. The molecular formula is C13H20N2O2. The Labute approximate surface area is 102 Å². The first-order valence-electron chi connectivity index (χ1n) is 6.09. The van der Waals surface area contributed by atoms with Crippen molar-refractivity contribution in [3.8, 4) is 0 Å². The minimum atomic E-state index is -0.180. The Balaban J connectivity index is 1.98. The van der Waals surface area contributed by atoms with Crippen LogP contribution in [0.3, 0.4) is 0 Å². The van der Waals surface area contributed by atoms with E-state index < -0.39 is 0 Å². The van der Waals surface area contributed by atoms with Crippen LogP contribution in [0, 0.1) is 6.92 Å². The number of pyridine rings is 1. The van der Waals surface area contributed by atoms with E-state index in [2.05, 4.69) is 17.2 Å². The minimum absolute atomic E-state index is 0.162. The summed E-state index contributed by atoms with van der Waals surface area (Å²) in [4.78, 5) is 4.13. The molecule has 0 atom stereocenters. The van der Waals surface area contributed by atoms with Gasteiger partial charge >= 0.3 is 0 Å². The molecule has 0 radical (unpaired) electrons. The molecule has 1 saturated heterocycles. The van der Waals surface area contributed by atoms with Crippen LogP contribution in [-0.2, 0) is 11.3 Å². The van der Waals surface area contributed by atoms with Crippen molar-refractivity contribution in [2.75, 3.05) is 19.8 Å². The van der Waals surface area contributed by atoms with Gasteiger partial charge in [0.05, 0.1) is 6.61 Å². The van der Waals surface area contributed by atoms with Crippen molar-refractivity contribution in [3.05, 3.63) is 29.6 Å². The van der Waals surface area contributed by atoms with Crippen molar-refractivity contribution >= 4 is 0 Å². The van der Waals surface area contributed by atoms with Crippen LogP contribution >= 0.6 is 0 Å². The van der Waals surface area contributed by atoms with Gasteiger partial charge in [0.15, 0.2) is 0 Å². The zero-order chi connectivity index (χ0) is 12.1. The molecule has 0 spiro atoms. The number of aliphatic hydroxyl groups excluding tert-OH is 1. The maximum Gasteiger partial charge on any atom is 0.0615 e. The van der Waals surface area contributed by atoms with E-state index >= 15 is 0 Å². The summed E-state index contributed by atoms with van der Waals surface area (Å²) in [6.45, 7) is 4.43. The van der Waals surface area contributed by atoms with Gasteiger partial charge in [0, 0.05) is 37.7 Å². The van der Waals surface area contributed by atoms with E-state index in [1.54, 1.807) is 6.20 Å². The number of nitrogens with zero attached hydrogens (tertiary/aromatic N) is 1. The van der Waals surface area contributed by atoms with E-state index in [0.29, 0.717) is 0 Å². The SMILES string of the molecule is Cc1ccncc1CNC1(CO)CCOCC1. The Bertz CT molecular complexity index is 362. The summed E-state index contributed by atoms with van der Waals surface area (Å²) in [5.74, 6) is 0. The van der Waals surface area contributed by atoms with Gasteiger partial charge in [-0.2, -0.15) is 0 Å². The van der Waals surface area contributed by atoms with Crippen molar-refractivity contribution in [3.63, 3.8) is 0 Å². The largest absolute Gasteiger partial charge is 0.394 e. The van der Waals surface area contributed by atoms with Crippen LogP contribution in [0.4, 0.5) is 0 Å². The van der Waals surface area contributed by atoms with Crippen molar-refractivity contribution in [1.82, 2.24) is 10.3 Å². The molecule has 94 valence electrons. The highest BCUT2D eigenvalue weighted by atomic mass is 16.5. The molecule has 1 aliphatic heterocycles. The van der Waals surface area contributed by atoms with Crippen LogP contribution in [0.2, 0.25) is 0 Å². The average molecular weight is 236 g/mol. The first-order valence-corrected chi connectivity index (χ1v) is 6.09. The number of rotatable bonds is 4. The van der Waals surface area contributed by atoms with Gasteiger partial charge in [0.25, 0.3) is 0 Å². The average Bonchev–Trinajstić information content (AvgIpc) is 2.39. The van der Waals surface area contributed by atoms with E-state index in [1.807, 2.05) is 12.3 Å². The van der Waals surface area contributed by atoms with Gasteiger partial charge < -0.3 is 15.2 Å². The summed E-state index contributed by atoms with van der Waals surface area (Å²) < 4.78 is 5.34. The molecule has 2 heterocycles. The van der Waals surface area contributed by atoms with Gasteiger partial charge in [-0.3, -0.25) is 4.98 Å². The zero-order valence-electron chi connectivity index (χ0n) is 10.3. The summed E-state index contributed by atoms with van der Waals surface area (Å²) in [5, 5.41) is 13.0. The first kappa shape index (κ1) is 12.5. The molecule has 0 bridgehead atoms.